The van der Waals surface area contributed by atoms with Gasteiger partial charge in [-0.05, 0) is 85.2 Å². The first-order chi connectivity index (χ1) is 19.0. The number of benzene rings is 2. The highest BCUT2D eigenvalue weighted by atomic mass is 16.5. The Morgan fingerprint density at radius 2 is 1.97 bits per heavy atom. The largest absolute Gasteiger partial charge is 0.488 e. The lowest BCUT2D eigenvalue weighted by Crippen LogP contribution is -2.44. The number of aromatic nitrogens is 1. The lowest BCUT2D eigenvalue weighted by molar-refractivity contribution is -0.148. The van der Waals surface area contributed by atoms with Gasteiger partial charge in [0.2, 0.25) is 0 Å². The average Bonchev–Trinajstić information content (AvgIpc) is 3.60. The second kappa shape index (κ2) is 10.3. The van der Waals surface area contributed by atoms with Gasteiger partial charge in [0.25, 0.3) is 0 Å². The molecule has 0 bridgehead atoms. The van der Waals surface area contributed by atoms with Crippen LogP contribution in [0.4, 0.5) is 5.82 Å². The first-order valence-corrected chi connectivity index (χ1v) is 13.8. The van der Waals surface area contributed by atoms with Crippen molar-refractivity contribution in [1.82, 2.24) is 10.3 Å². The van der Waals surface area contributed by atoms with E-state index in [2.05, 4.69) is 48.3 Å². The molecule has 1 saturated carbocycles. The van der Waals surface area contributed by atoms with E-state index in [0.717, 1.165) is 60.9 Å². The van der Waals surface area contributed by atoms with Gasteiger partial charge in [-0.2, -0.15) is 0 Å². The molecule has 39 heavy (non-hydrogen) atoms. The third-order valence-corrected chi connectivity index (χ3v) is 8.83. The summed E-state index contributed by atoms with van der Waals surface area (Å²) in [5, 5.41) is 3.47. The van der Waals surface area contributed by atoms with Crippen LogP contribution < -0.4 is 15.0 Å². The minimum atomic E-state index is -0.497. The van der Waals surface area contributed by atoms with Crippen molar-refractivity contribution in [3.63, 3.8) is 0 Å². The molecule has 2 aromatic carbocycles. The molecule has 1 N–H and O–H groups in total. The minimum absolute atomic E-state index is 0.0987. The molecule has 1 saturated heterocycles. The Morgan fingerprint density at radius 3 is 2.79 bits per heavy atom. The summed E-state index contributed by atoms with van der Waals surface area (Å²) in [6, 6.07) is 16.7. The van der Waals surface area contributed by atoms with Crippen molar-refractivity contribution in [2.45, 2.75) is 45.9 Å². The maximum atomic E-state index is 12.8. The Bertz CT molecular complexity index is 1410. The smallest absolute Gasteiger partial charge is 0.314 e. The van der Waals surface area contributed by atoms with Crippen molar-refractivity contribution in [3.8, 4) is 17.0 Å². The van der Waals surface area contributed by atoms with Gasteiger partial charge in [0, 0.05) is 25.8 Å². The molecule has 3 aliphatic rings. The summed E-state index contributed by atoms with van der Waals surface area (Å²) in [5.74, 6) is 1.82. The Morgan fingerprint density at radius 1 is 1.13 bits per heavy atom. The maximum absolute atomic E-state index is 12.8. The molecule has 0 spiro atoms. The Kier molecular flexibility index (Phi) is 6.81. The lowest BCUT2D eigenvalue weighted by atomic mass is 9.94. The number of nitrogens with zero attached hydrogens (tertiary/aromatic N) is 2. The van der Waals surface area contributed by atoms with E-state index in [1.165, 1.54) is 29.4 Å². The van der Waals surface area contributed by atoms with Gasteiger partial charge in [0.05, 0.1) is 30.9 Å². The summed E-state index contributed by atoms with van der Waals surface area (Å²) >= 11 is 0. The molecule has 7 heteroatoms. The number of carbonyl (C=O) groups is 1. The zero-order chi connectivity index (χ0) is 27.1. The number of ether oxygens (including phenoxy) is 3. The van der Waals surface area contributed by atoms with Crippen LogP contribution in [0.25, 0.3) is 11.3 Å². The zero-order valence-corrected chi connectivity index (χ0v) is 23.3. The Balaban J connectivity index is 1.28. The predicted octanol–water partition coefficient (Wildman–Crippen LogP) is 4.60. The Labute approximate surface area is 230 Å². The topological polar surface area (TPSA) is 72.9 Å². The van der Waals surface area contributed by atoms with Gasteiger partial charge in [0.15, 0.2) is 0 Å². The number of methoxy groups -OCH3 is 2. The van der Waals surface area contributed by atoms with Gasteiger partial charge in [0.1, 0.15) is 18.2 Å². The van der Waals surface area contributed by atoms with Crippen molar-refractivity contribution in [3.05, 3.63) is 76.3 Å². The number of esters is 1. The number of nitrogens with one attached hydrogen (secondary N) is 1. The van der Waals surface area contributed by atoms with E-state index in [9.17, 15) is 4.79 Å². The number of hydrogen-bond acceptors (Lipinski definition) is 7. The van der Waals surface area contributed by atoms with Crippen LogP contribution >= 0.6 is 0 Å². The quantitative estimate of drug-likeness (QED) is 0.429. The molecule has 0 amide bonds. The number of piperidine rings is 1. The molecule has 6 rings (SSSR count). The van der Waals surface area contributed by atoms with E-state index in [1.807, 2.05) is 24.3 Å². The van der Waals surface area contributed by atoms with Crippen molar-refractivity contribution in [2.24, 2.45) is 11.3 Å². The van der Waals surface area contributed by atoms with Gasteiger partial charge < -0.3 is 24.4 Å². The van der Waals surface area contributed by atoms with Crippen LogP contribution in [0.3, 0.4) is 0 Å². The summed E-state index contributed by atoms with van der Waals surface area (Å²) in [7, 11) is 3.15. The van der Waals surface area contributed by atoms with Crippen LogP contribution in [0.1, 0.15) is 34.2 Å². The van der Waals surface area contributed by atoms with E-state index in [-0.39, 0.29) is 17.9 Å². The summed E-state index contributed by atoms with van der Waals surface area (Å²) in [6.07, 6.45) is 1.90. The van der Waals surface area contributed by atoms with Crippen molar-refractivity contribution >= 4 is 11.8 Å². The molecule has 2 aliphatic heterocycles. The first kappa shape index (κ1) is 25.8. The number of rotatable bonds is 8. The van der Waals surface area contributed by atoms with Crippen LogP contribution in [0.5, 0.6) is 5.75 Å². The molecule has 1 aliphatic carbocycles. The predicted molar refractivity (Wildman–Crippen MR) is 151 cm³/mol. The number of carbonyl (C=O) groups excluding carboxylic acids is 1. The van der Waals surface area contributed by atoms with Gasteiger partial charge in [-0.1, -0.05) is 30.3 Å². The maximum Gasteiger partial charge on any atom is 0.314 e. The third-order valence-electron chi connectivity index (χ3n) is 8.83. The fourth-order valence-electron chi connectivity index (χ4n) is 6.75. The monoisotopic (exact) mass is 527 g/mol. The molecule has 1 aromatic heterocycles. The van der Waals surface area contributed by atoms with Crippen molar-refractivity contribution in [1.29, 1.82) is 0 Å². The number of fused-ring (bicyclic) bond motifs is 2. The highest BCUT2D eigenvalue weighted by Crippen LogP contribution is 2.62. The summed E-state index contributed by atoms with van der Waals surface area (Å²) in [6.45, 7) is 7.95. The van der Waals surface area contributed by atoms with Crippen LogP contribution in [0.15, 0.2) is 48.5 Å². The number of pyridine rings is 1. The second-order valence-corrected chi connectivity index (χ2v) is 11.2. The van der Waals surface area contributed by atoms with Gasteiger partial charge in [-0.25, -0.2) is 4.98 Å². The molecule has 3 aromatic rings. The lowest BCUT2D eigenvalue weighted by Gasteiger charge is -2.31. The minimum Gasteiger partial charge on any atom is -0.488 e. The molecular formula is C32H37N3O4. The van der Waals surface area contributed by atoms with E-state index in [4.69, 9.17) is 19.2 Å². The van der Waals surface area contributed by atoms with Crippen molar-refractivity contribution < 1.29 is 19.0 Å². The molecule has 0 radical (unpaired) electrons. The highest BCUT2D eigenvalue weighted by Gasteiger charge is 2.71. The molecule has 2 fully saturated rings. The normalized spacial score (nSPS) is 23.2. The summed E-state index contributed by atoms with van der Waals surface area (Å²) < 4.78 is 17.3. The van der Waals surface area contributed by atoms with E-state index >= 15 is 0 Å². The van der Waals surface area contributed by atoms with E-state index in [0.29, 0.717) is 13.2 Å². The van der Waals surface area contributed by atoms with Gasteiger partial charge >= 0.3 is 5.97 Å². The number of para-hydroxylation sites is 1. The van der Waals surface area contributed by atoms with Crippen LogP contribution in [0, 0.1) is 25.2 Å². The third kappa shape index (κ3) is 4.47. The molecule has 0 unspecified atom stereocenters. The Hall–Kier alpha value is -3.42. The van der Waals surface area contributed by atoms with Gasteiger partial charge in [-0.3, -0.25) is 4.79 Å². The zero-order valence-electron chi connectivity index (χ0n) is 23.3. The SMILES string of the molecule is COC[C@@H]1N(c2cccc(-c3cccc(C)c3OCc3cc(C)c4c(c3)CCNC4)n2)C[C@@H]2C[C@@]21C(=O)OC. The fourth-order valence-corrected chi connectivity index (χ4v) is 6.75. The van der Waals surface area contributed by atoms with Crippen LogP contribution in [0.2, 0.25) is 0 Å². The molecule has 3 atom stereocenters. The average molecular weight is 528 g/mol. The van der Waals surface area contributed by atoms with Crippen LogP contribution in [-0.4, -0.2) is 50.9 Å². The number of aryl methyl sites for hydroxylation is 2. The van der Waals surface area contributed by atoms with Crippen LogP contribution in [-0.2, 0) is 33.8 Å². The second-order valence-electron chi connectivity index (χ2n) is 11.2. The molecule has 204 valence electrons. The summed E-state index contributed by atoms with van der Waals surface area (Å²) in [5.41, 5.74) is 7.74. The molecular weight excluding hydrogens is 490 g/mol. The highest BCUT2D eigenvalue weighted by molar-refractivity contribution is 5.84. The standard InChI is InChI=1S/C32H37N3O4/c1-20-7-5-8-25(30(20)39-18-22-13-21(2)26-16-33-12-11-23(26)14-22)27-9-6-10-29(34-27)35-17-24-15-32(24,31(36)38-4)28(35)19-37-3/h5-10,13-14,24,28,33H,11-12,15-19H2,1-4H3/t24-,28-,32+/m0/s1. The molecule has 3 heterocycles. The van der Waals surface area contributed by atoms with Gasteiger partial charge in [-0.15, -0.1) is 0 Å². The first-order valence-electron chi connectivity index (χ1n) is 13.8. The van der Waals surface area contributed by atoms with E-state index in [1.54, 1.807) is 7.11 Å². The van der Waals surface area contributed by atoms with E-state index < -0.39 is 5.41 Å². The van der Waals surface area contributed by atoms with Crippen molar-refractivity contribution in [2.75, 3.05) is 38.8 Å². The number of anilines is 1. The fraction of sp³-hybridized carbons (Fsp3) is 0.438. The molecule has 7 nitrogen and oxygen atoms in total. The summed E-state index contributed by atoms with van der Waals surface area (Å²) in [4.78, 5) is 20.1. The number of hydrogen-bond donors (Lipinski definition) is 1.